The Morgan fingerprint density at radius 3 is 2.62 bits per heavy atom. The number of hydrogen-bond donors (Lipinski definition) is 2. The summed E-state index contributed by atoms with van der Waals surface area (Å²) in [5, 5.41) is 6.32. The van der Waals surface area contributed by atoms with E-state index in [1.54, 1.807) is 0 Å². The van der Waals surface area contributed by atoms with E-state index in [-0.39, 0.29) is 17.5 Å². The van der Waals surface area contributed by atoms with Gasteiger partial charge in [0.2, 0.25) is 5.91 Å². The third-order valence-electron chi connectivity index (χ3n) is 2.85. The van der Waals surface area contributed by atoms with Crippen molar-refractivity contribution in [2.24, 2.45) is 0 Å². The van der Waals surface area contributed by atoms with Crippen molar-refractivity contribution in [2.45, 2.75) is 31.8 Å². The van der Waals surface area contributed by atoms with Gasteiger partial charge in [0.25, 0.3) is 0 Å². The summed E-state index contributed by atoms with van der Waals surface area (Å²) in [5.41, 5.74) is 1.06. The highest BCUT2D eigenvalue weighted by molar-refractivity contribution is 5.83. The lowest BCUT2D eigenvalue weighted by atomic mass is 9.97. The Morgan fingerprint density at radius 1 is 1.31 bits per heavy atom. The predicted molar refractivity (Wildman–Crippen MR) is 64.2 cm³/mol. The molecule has 1 aliphatic heterocycles. The molecule has 0 bridgehead atoms. The van der Waals surface area contributed by atoms with Crippen LogP contribution in [0.15, 0.2) is 30.3 Å². The summed E-state index contributed by atoms with van der Waals surface area (Å²) in [6.07, 6.45) is 0.753. The van der Waals surface area contributed by atoms with Crippen molar-refractivity contribution in [3.05, 3.63) is 35.9 Å². The number of carbonyl (C=O) groups is 1. The molecular weight excluding hydrogens is 200 g/mol. The van der Waals surface area contributed by atoms with E-state index in [4.69, 9.17) is 0 Å². The molecule has 0 saturated carbocycles. The molecule has 1 saturated heterocycles. The normalized spacial score (nSPS) is 23.9. The van der Waals surface area contributed by atoms with Gasteiger partial charge in [-0.25, -0.2) is 0 Å². The van der Waals surface area contributed by atoms with Crippen molar-refractivity contribution in [2.75, 3.05) is 6.54 Å². The highest BCUT2D eigenvalue weighted by atomic mass is 16.2. The molecule has 16 heavy (non-hydrogen) atoms. The fraction of sp³-hybridized carbons (Fsp3) is 0.462. The summed E-state index contributed by atoms with van der Waals surface area (Å²) in [4.78, 5) is 11.8. The van der Waals surface area contributed by atoms with Gasteiger partial charge in [-0.2, -0.15) is 0 Å². The van der Waals surface area contributed by atoms with Crippen molar-refractivity contribution >= 4 is 5.91 Å². The average Bonchev–Trinajstić information content (AvgIpc) is 2.23. The first kappa shape index (κ1) is 11.1. The number of carbonyl (C=O) groups excluding carboxylic acids is 1. The Labute approximate surface area is 96.2 Å². The Balaban J connectivity index is 2.00. The van der Waals surface area contributed by atoms with Gasteiger partial charge < -0.3 is 10.6 Å². The fourth-order valence-corrected chi connectivity index (χ4v) is 1.95. The largest absolute Gasteiger partial charge is 0.349 e. The van der Waals surface area contributed by atoms with Gasteiger partial charge in [-0.3, -0.25) is 4.79 Å². The van der Waals surface area contributed by atoms with E-state index in [0.717, 1.165) is 13.0 Å². The molecule has 1 aromatic carbocycles. The van der Waals surface area contributed by atoms with Crippen LogP contribution >= 0.6 is 0 Å². The molecule has 1 atom stereocenters. The summed E-state index contributed by atoms with van der Waals surface area (Å²) in [7, 11) is 0. The highest BCUT2D eigenvalue weighted by Crippen LogP contribution is 2.10. The van der Waals surface area contributed by atoms with Gasteiger partial charge in [0.05, 0.1) is 6.04 Å². The molecule has 0 aromatic heterocycles. The maximum absolute atomic E-state index is 11.8. The van der Waals surface area contributed by atoms with Crippen molar-refractivity contribution in [3.8, 4) is 0 Å². The third kappa shape index (κ3) is 2.61. The number of nitrogens with one attached hydrogen (secondary N) is 2. The lowest BCUT2D eigenvalue weighted by molar-refractivity contribution is -0.126. The van der Waals surface area contributed by atoms with Crippen LogP contribution in [0.5, 0.6) is 0 Å². The Hall–Kier alpha value is -1.35. The topological polar surface area (TPSA) is 41.1 Å². The minimum Gasteiger partial charge on any atom is -0.349 e. The quantitative estimate of drug-likeness (QED) is 0.780. The molecule has 3 heteroatoms. The van der Waals surface area contributed by atoms with E-state index in [2.05, 4.69) is 22.8 Å². The molecule has 0 radical (unpaired) electrons. The molecule has 0 aliphatic carbocycles. The summed E-state index contributed by atoms with van der Waals surface area (Å²) < 4.78 is 0. The van der Waals surface area contributed by atoms with Crippen molar-refractivity contribution < 1.29 is 4.79 Å². The van der Waals surface area contributed by atoms with Crippen LogP contribution in [0.25, 0.3) is 0 Å². The number of benzene rings is 1. The summed E-state index contributed by atoms with van der Waals surface area (Å²) in [6, 6.07) is 9.99. The van der Waals surface area contributed by atoms with Crippen LogP contribution in [0.4, 0.5) is 0 Å². The minimum atomic E-state index is -0.135. The van der Waals surface area contributed by atoms with Crippen molar-refractivity contribution in [3.63, 3.8) is 0 Å². The minimum absolute atomic E-state index is 0.0973. The van der Waals surface area contributed by atoms with Gasteiger partial charge in [0.1, 0.15) is 0 Å². The SMILES string of the molecule is CC1(C)CNC(Cc2ccccc2)C(=O)N1. The second-order valence-corrected chi connectivity index (χ2v) is 5.00. The van der Waals surface area contributed by atoms with Crippen molar-refractivity contribution in [1.29, 1.82) is 0 Å². The molecule has 0 spiro atoms. The molecule has 1 fully saturated rings. The lowest BCUT2D eigenvalue weighted by Crippen LogP contribution is -2.63. The molecular formula is C13H18N2O. The van der Waals surface area contributed by atoms with Crippen LogP contribution in [0, 0.1) is 0 Å². The zero-order chi connectivity index (χ0) is 11.6. The molecule has 2 N–H and O–H groups in total. The van der Waals surface area contributed by atoms with E-state index in [1.807, 2.05) is 32.0 Å². The molecule has 2 rings (SSSR count). The second-order valence-electron chi connectivity index (χ2n) is 5.00. The van der Waals surface area contributed by atoms with Gasteiger partial charge in [-0.15, -0.1) is 0 Å². The summed E-state index contributed by atoms with van der Waals surface area (Å²) in [5.74, 6) is 0.0973. The molecule has 86 valence electrons. The van der Waals surface area contributed by atoms with Gasteiger partial charge in [-0.1, -0.05) is 30.3 Å². The molecule has 1 heterocycles. The monoisotopic (exact) mass is 218 g/mol. The van der Waals surface area contributed by atoms with E-state index < -0.39 is 0 Å². The lowest BCUT2D eigenvalue weighted by Gasteiger charge is -2.36. The van der Waals surface area contributed by atoms with Crippen LogP contribution in [0.1, 0.15) is 19.4 Å². The van der Waals surface area contributed by atoms with Crippen molar-refractivity contribution in [1.82, 2.24) is 10.6 Å². The first-order valence-corrected chi connectivity index (χ1v) is 5.66. The van der Waals surface area contributed by atoms with E-state index >= 15 is 0 Å². The van der Waals surface area contributed by atoms with Crippen LogP contribution in [0.3, 0.4) is 0 Å². The van der Waals surface area contributed by atoms with E-state index in [0.29, 0.717) is 0 Å². The Bertz CT molecular complexity index is 373. The fourth-order valence-electron chi connectivity index (χ4n) is 1.95. The predicted octanol–water partition coefficient (Wildman–Crippen LogP) is 1.10. The first-order chi connectivity index (χ1) is 7.57. The molecule has 1 amide bonds. The van der Waals surface area contributed by atoms with E-state index in [1.165, 1.54) is 5.56 Å². The molecule has 1 unspecified atom stereocenters. The Kier molecular flexibility index (Phi) is 2.97. The maximum atomic E-state index is 11.8. The molecule has 1 aromatic rings. The van der Waals surface area contributed by atoms with Crippen LogP contribution in [-0.2, 0) is 11.2 Å². The van der Waals surface area contributed by atoms with Gasteiger partial charge in [-0.05, 0) is 25.8 Å². The smallest absolute Gasteiger partial charge is 0.237 e. The number of rotatable bonds is 2. The number of amides is 1. The number of hydrogen-bond acceptors (Lipinski definition) is 2. The molecule has 3 nitrogen and oxygen atoms in total. The van der Waals surface area contributed by atoms with Crippen LogP contribution in [0.2, 0.25) is 0 Å². The number of piperazine rings is 1. The van der Waals surface area contributed by atoms with Gasteiger partial charge >= 0.3 is 0 Å². The zero-order valence-corrected chi connectivity index (χ0v) is 9.79. The van der Waals surface area contributed by atoms with Gasteiger partial charge in [0, 0.05) is 12.1 Å². The third-order valence-corrected chi connectivity index (χ3v) is 2.85. The standard InChI is InChI=1S/C13H18N2O/c1-13(2)9-14-11(12(16)15-13)8-10-6-4-3-5-7-10/h3-7,11,14H,8-9H2,1-2H3,(H,15,16). The van der Waals surface area contributed by atoms with E-state index in [9.17, 15) is 4.79 Å². The maximum Gasteiger partial charge on any atom is 0.237 e. The summed E-state index contributed by atoms with van der Waals surface area (Å²) >= 11 is 0. The highest BCUT2D eigenvalue weighted by Gasteiger charge is 2.31. The second kappa shape index (κ2) is 4.26. The first-order valence-electron chi connectivity index (χ1n) is 5.66. The average molecular weight is 218 g/mol. The van der Waals surface area contributed by atoms with Gasteiger partial charge in [0.15, 0.2) is 0 Å². The van der Waals surface area contributed by atoms with Crippen LogP contribution < -0.4 is 10.6 Å². The van der Waals surface area contributed by atoms with Crippen LogP contribution in [-0.4, -0.2) is 24.0 Å². The molecule has 1 aliphatic rings. The Morgan fingerprint density at radius 2 is 2.00 bits per heavy atom. The summed E-state index contributed by atoms with van der Waals surface area (Å²) in [6.45, 7) is 4.86. The zero-order valence-electron chi connectivity index (χ0n) is 9.79.